The highest BCUT2D eigenvalue weighted by atomic mass is 35.5. The summed E-state index contributed by atoms with van der Waals surface area (Å²) in [6, 6.07) is 0.684. The molecule has 2 unspecified atom stereocenters. The first-order valence-electron chi connectivity index (χ1n) is 11.0. The number of nitrogens with zero attached hydrogens (tertiary/aromatic N) is 3. The number of piperidine rings is 1. The Morgan fingerprint density at radius 1 is 1.34 bits per heavy atom. The Morgan fingerprint density at radius 3 is 2.60 bits per heavy atom. The molecule has 3 heterocycles. The van der Waals surface area contributed by atoms with Crippen molar-refractivity contribution < 1.29 is 36.6 Å². The number of aliphatic carboxylic acids is 1. The van der Waals surface area contributed by atoms with Crippen molar-refractivity contribution in [3.8, 4) is 0 Å². The molecule has 2 aromatic rings. The second kappa shape index (κ2) is 8.84. The van der Waals surface area contributed by atoms with E-state index < -0.39 is 60.7 Å². The van der Waals surface area contributed by atoms with Crippen molar-refractivity contribution in [2.45, 2.75) is 56.7 Å². The molecule has 0 spiro atoms. The van der Waals surface area contributed by atoms with Crippen LogP contribution < -0.4 is 11.1 Å². The molecule has 1 saturated heterocycles. The van der Waals surface area contributed by atoms with E-state index in [9.17, 15) is 36.6 Å². The van der Waals surface area contributed by atoms with Gasteiger partial charge in [0.05, 0.1) is 34.6 Å². The van der Waals surface area contributed by atoms with Crippen LogP contribution in [0, 0.1) is 17.3 Å². The summed E-state index contributed by atoms with van der Waals surface area (Å²) in [4.78, 5) is 28.9. The molecular weight excluding hydrogens is 501 g/mol. The van der Waals surface area contributed by atoms with Gasteiger partial charge in [-0.15, -0.1) is 0 Å². The SMILES string of the molecule is NC(c1cn2nc(CC3(C(=O)O)C[C@@H](C(F)(F)F)CNC3=O)c(Cl)cc2n1)C1CCC(F)(F)CC1. The summed E-state index contributed by atoms with van der Waals surface area (Å²) in [5.74, 6) is -7.75. The Morgan fingerprint density at radius 2 is 2.00 bits per heavy atom. The number of alkyl halides is 5. The average Bonchev–Trinajstić information content (AvgIpc) is 3.16. The molecule has 3 atom stereocenters. The van der Waals surface area contributed by atoms with Crippen LogP contribution in [0.15, 0.2) is 12.3 Å². The van der Waals surface area contributed by atoms with E-state index in [0.29, 0.717) is 5.69 Å². The van der Waals surface area contributed by atoms with Gasteiger partial charge in [-0.3, -0.25) is 9.59 Å². The lowest BCUT2D eigenvalue weighted by Gasteiger charge is -2.37. The molecule has 1 saturated carbocycles. The van der Waals surface area contributed by atoms with Gasteiger partial charge in [0.15, 0.2) is 11.1 Å². The fraction of sp³-hybridized carbons (Fsp3) is 0.619. The van der Waals surface area contributed by atoms with Crippen molar-refractivity contribution in [1.82, 2.24) is 19.9 Å². The Bertz CT molecular complexity index is 1150. The highest BCUT2D eigenvalue weighted by Crippen LogP contribution is 2.43. The number of hydrogen-bond donors (Lipinski definition) is 3. The molecule has 0 aromatic carbocycles. The zero-order chi connectivity index (χ0) is 25.8. The number of rotatable bonds is 5. The van der Waals surface area contributed by atoms with E-state index in [0.717, 1.165) is 0 Å². The maximum Gasteiger partial charge on any atom is 0.393 e. The van der Waals surface area contributed by atoms with Gasteiger partial charge in [-0.2, -0.15) is 18.3 Å². The zero-order valence-electron chi connectivity index (χ0n) is 18.3. The molecule has 4 rings (SSSR count). The topological polar surface area (TPSA) is 123 Å². The zero-order valence-corrected chi connectivity index (χ0v) is 19.0. The molecule has 2 aliphatic rings. The highest BCUT2D eigenvalue weighted by molar-refractivity contribution is 6.31. The fourth-order valence-electron chi connectivity index (χ4n) is 4.80. The third-order valence-corrected chi connectivity index (χ3v) is 7.31. The molecule has 192 valence electrons. The number of hydrogen-bond acceptors (Lipinski definition) is 5. The Labute approximate surface area is 201 Å². The first-order chi connectivity index (χ1) is 16.2. The molecule has 1 aliphatic heterocycles. The van der Waals surface area contributed by atoms with E-state index in [2.05, 4.69) is 10.1 Å². The molecule has 1 amide bonds. The van der Waals surface area contributed by atoms with E-state index in [1.54, 1.807) is 0 Å². The van der Waals surface area contributed by atoms with Gasteiger partial charge in [-0.05, 0) is 25.2 Å². The van der Waals surface area contributed by atoms with Crippen molar-refractivity contribution in [2.24, 2.45) is 23.0 Å². The van der Waals surface area contributed by atoms with Gasteiger partial charge in [-0.25, -0.2) is 18.3 Å². The summed E-state index contributed by atoms with van der Waals surface area (Å²) >= 11 is 6.25. The van der Waals surface area contributed by atoms with Gasteiger partial charge >= 0.3 is 12.1 Å². The first kappa shape index (κ1) is 25.5. The predicted octanol–water partition coefficient (Wildman–Crippen LogP) is 3.52. The molecule has 4 N–H and O–H groups in total. The predicted molar refractivity (Wildman–Crippen MR) is 113 cm³/mol. The number of amides is 1. The van der Waals surface area contributed by atoms with Gasteiger partial charge in [0, 0.05) is 31.9 Å². The third kappa shape index (κ3) is 4.92. The van der Waals surface area contributed by atoms with Crippen molar-refractivity contribution in [3.05, 3.63) is 28.7 Å². The Balaban J connectivity index is 1.62. The lowest BCUT2D eigenvalue weighted by molar-refractivity contribution is -0.194. The number of imidazole rings is 1. The normalized spacial score (nSPS) is 26.5. The maximum atomic E-state index is 13.5. The van der Waals surface area contributed by atoms with Crippen molar-refractivity contribution in [3.63, 3.8) is 0 Å². The molecule has 0 radical (unpaired) electrons. The first-order valence-corrected chi connectivity index (χ1v) is 11.4. The van der Waals surface area contributed by atoms with Crippen LogP contribution >= 0.6 is 11.6 Å². The molecule has 8 nitrogen and oxygen atoms in total. The number of nitrogens with one attached hydrogen (secondary N) is 1. The lowest BCUT2D eigenvalue weighted by atomic mass is 9.72. The van der Waals surface area contributed by atoms with Crippen molar-refractivity contribution in [1.29, 1.82) is 0 Å². The summed E-state index contributed by atoms with van der Waals surface area (Å²) in [5, 5.41) is 16.0. The van der Waals surface area contributed by atoms with Crippen LogP contribution in [0.1, 0.15) is 49.5 Å². The molecule has 0 bridgehead atoms. The van der Waals surface area contributed by atoms with Gasteiger partial charge in [0.25, 0.3) is 0 Å². The minimum Gasteiger partial charge on any atom is -0.480 e. The van der Waals surface area contributed by atoms with Crippen LogP contribution in [0.2, 0.25) is 5.02 Å². The minimum atomic E-state index is -4.70. The summed E-state index contributed by atoms with van der Waals surface area (Å²) in [5.41, 5.74) is 4.34. The number of carbonyl (C=O) groups excluding carboxylic acids is 1. The Hall–Kier alpha value is -2.54. The van der Waals surface area contributed by atoms with Gasteiger partial charge < -0.3 is 16.2 Å². The van der Waals surface area contributed by atoms with Crippen molar-refractivity contribution >= 4 is 29.1 Å². The van der Waals surface area contributed by atoms with Crippen LogP contribution in [0.3, 0.4) is 0 Å². The maximum absolute atomic E-state index is 13.5. The van der Waals surface area contributed by atoms with E-state index in [1.165, 1.54) is 16.8 Å². The number of carbonyl (C=O) groups is 2. The van der Waals surface area contributed by atoms with E-state index >= 15 is 0 Å². The monoisotopic (exact) mass is 523 g/mol. The molecule has 2 aromatic heterocycles. The highest BCUT2D eigenvalue weighted by Gasteiger charge is 2.56. The second-order valence-electron chi connectivity index (χ2n) is 9.34. The number of carboxylic acids is 1. The summed E-state index contributed by atoms with van der Waals surface area (Å²) < 4.78 is 68.2. The standard InChI is InChI=1S/C21H23ClF5N5O3/c22-12-5-15-30-14(16(28)10-1-3-20(23,24)4-2-10)9-32(15)31-13(12)7-19(18(34)35)6-11(21(25,26)27)8-29-17(19)33/h5,9-11,16H,1-4,6-8,28H2,(H,29,33)(H,34,35)/t11-,16?,19?/m1/s1. The molecular formula is C21H23ClF5N5O3. The molecule has 2 fully saturated rings. The summed E-state index contributed by atoms with van der Waals surface area (Å²) in [7, 11) is 0. The minimum absolute atomic E-state index is 0.0805. The lowest BCUT2D eigenvalue weighted by Crippen LogP contribution is -2.57. The van der Waals surface area contributed by atoms with Crippen LogP contribution in [0.5, 0.6) is 0 Å². The quantitative estimate of drug-likeness (QED) is 0.407. The number of nitrogens with two attached hydrogens (primary N) is 1. The summed E-state index contributed by atoms with van der Waals surface area (Å²) in [6.45, 7) is -0.715. The van der Waals surface area contributed by atoms with Crippen LogP contribution in [-0.2, 0) is 16.0 Å². The Kier molecular flexibility index (Phi) is 6.45. The van der Waals surface area contributed by atoms with E-state index in [1.807, 2.05) is 5.32 Å². The van der Waals surface area contributed by atoms with Crippen LogP contribution in [0.4, 0.5) is 22.0 Å². The average molecular weight is 524 g/mol. The van der Waals surface area contributed by atoms with Gasteiger partial charge in [0.1, 0.15) is 0 Å². The summed E-state index contributed by atoms with van der Waals surface area (Å²) in [6.07, 6.45) is -4.99. The number of carboxylic acid groups (broad SMARTS) is 1. The molecule has 14 heteroatoms. The van der Waals surface area contributed by atoms with Crippen LogP contribution in [0.25, 0.3) is 5.65 Å². The van der Waals surface area contributed by atoms with Crippen LogP contribution in [-0.4, -0.2) is 50.2 Å². The largest absolute Gasteiger partial charge is 0.480 e. The van der Waals surface area contributed by atoms with Gasteiger partial charge in [-0.1, -0.05) is 11.6 Å². The molecule has 1 aliphatic carbocycles. The number of aromatic nitrogens is 3. The number of halogens is 6. The smallest absolute Gasteiger partial charge is 0.393 e. The molecule has 35 heavy (non-hydrogen) atoms. The van der Waals surface area contributed by atoms with Crippen molar-refractivity contribution in [2.75, 3.05) is 6.54 Å². The second-order valence-corrected chi connectivity index (χ2v) is 9.75. The van der Waals surface area contributed by atoms with E-state index in [4.69, 9.17) is 17.3 Å². The third-order valence-electron chi connectivity index (χ3n) is 6.98. The van der Waals surface area contributed by atoms with Gasteiger partial charge in [0.2, 0.25) is 11.8 Å². The fourth-order valence-corrected chi connectivity index (χ4v) is 5.00. The number of fused-ring (bicyclic) bond motifs is 1. The van der Waals surface area contributed by atoms with E-state index in [-0.39, 0.29) is 48.0 Å².